The van der Waals surface area contributed by atoms with Gasteiger partial charge in [0.05, 0.1) is 0 Å². The zero-order valence-electron chi connectivity index (χ0n) is 9.95. The molecule has 1 aromatic rings. The van der Waals surface area contributed by atoms with Crippen molar-refractivity contribution in [2.24, 2.45) is 5.73 Å². The van der Waals surface area contributed by atoms with Crippen molar-refractivity contribution < 1.29 is 3.07 Å². The van der Waals surface area contributed by atoms with Gasteiger partial charge in [-0.25, -0.2) is 0 Å². The zero-order valence-corrected chi connectivity index (χ0v) is 12.8. The van der Waals surface area contributed by atoms with Gasteiger partial charge in [0.1, 0.15) is 0 Å². The molecule has 15 heavy (non-hydrogen) atoms. The molecule has 0 saturated carbocycles. The molecule has 1 rings (SSSR count). The second-order valence-electron chi connectivity index (χ2n) is 4.10. The van der Waals surface area contributed by atoms with E-state index in [0.717, 1.165) is 0 Å². The van der Waals surface area contributed by atoms with Gasteiger partial charge in [0.15, 0.2) is 0 Å². The second kappa shape index (κ2) is 5.87. The molecule has 1 radical (unpaired) electrons. The minimum absolute atomic E-state index is 0.104. The second-order valence-corrected chi connectivity index (χ2v) is 9.48. The average molecular weight is 313 g/mol. The standard InChI is InChI=1S/C8H10N.C3H7O.CH3.Sn/c1-7(9)8-5-3-2-4-6-8;1-3(2)4;;/h2-5,7H,9H2,1H3;3H,1-2H3;1H3;/q;-1;;+1. The molecule has 2 N–H and O–H groups in total. The summed E-state index contributed by atoms with van der Waals surface area (Å²) in [4.78, 5) is 2.27. The Balaban J connectivity index is 2.92. The number of hydrogen-bond donors (Lipinski definition) is 1. The maximum atomic E-state index is 5.97. The molecule has 0 heterocycles. The first-order valence-electron chi connectivity index (χ1n) is 5.37. The van der Waals surface area contributed by atoms with Crippen LogP contribution >= 0.6 is 0 Å². The third kappa shape index (κ3) is 3.78. The molecule has 0 fully saturated rings. The topological polar surface area (TPSA) is 35.2 Å². The first-order valence-corrected chi connectivity index (χ1v) is 10.8. The molecule has 0 bridgehead atoms. The summed E-state index contributed by atoms with van der Waals surface area (Å²) in [5.74, 6) is 0. The van der Waals surface area contributed by atoms with E-state index in [-0.39, 0.29) is 6.04 Å². The Hall–Kier alpha value is -0.0613. The SMILES string of the molecule is CC(C)[O][Sn]([CH3])[c]1ccccc1C(C)N. The summed E-state index contributed by atoms with van der Waals surface area (Å²) in [7, 11) is 0. The predicted molar refractivity (Wildman–Crippen MR) is 66.5 cm³/mol. The molecular weight excluding hydrogens is 293 g/mol. The van der Waals surface area contributed by atoms with Crippen LogP contribution < -0.4 is 9.31 Å². The van der Waals surface area contributed by atoms with Crippen LogP contribution in [0, 0.1) is 0 Å². The van der Waals surface area contributed by atoms with E-state index in [1.54, 1.807) is 0 Å². The molecular formula is C12H20NOSn. The molecule has 3 heteroatoms. The summed E-state index contributed by atoms with van der Waals surface area (Å²) in [6.45, 7) is 6.22. The first kappa shape index (κ1) is 13.0. The summed E-state index contributed by atoms with van der Waals surface area (Å²) in [5.41, 5.74) is 7.22. The third-order valence-corrected chi connectivity index (χ3v) is 8.06. The van der Waals surface area contributed by atoms with Crippen LogP contribution in [0.2, 0.25) is 4.94 Å². The van der Waals surface area contributed by atoms with Crippen LogP contribution in [0.3, 0.4) is 0 Å². The molecule has 0 spiro atoms. The Morgan fingerprint density at radius 2 is 1.80 bits per heavy atom. The van der Waals surface area contributed by atoms with Crippen molar-refractivity contribution in [1.29, 1.82) is 0 Å². The van der Waals surface area contributed by atoms with Gasteiger partial charge in [-0.1, -0.05) is 0 Å². The average Bonchev–Trinajstić information content (AvgIpc) is 2.16. The molecule has 0 aromatic heterocycles. The number of rotatable bonds is 4. The van der Waals surface area contributed by atoms with E-state index >= 15 is 0 Å². The van der Waals surface area contributed by atoms with Crippen molar-refractivity contribution in [3.8, 4) is 0 Å². The van der Waals surface area contributed by atoms with Crippen LogP contribution in [0.25, 0.3) is 0 Å². The Morgan fingerprint density at radius 1 is 1.20 bits per heavy atom. The van der Waals surface area contributed by atoms with Crippen LogP contribution in [0.15, 0.2) is 24.3 Å². The number of hydrogen-bond acceptors (Lipinski definition) is 2. The van der Waals surface area contributed by atoms with E-state index in [1.165, 1.54) is 9.14 Å². The molecule has 1 unspecified atom stereocenters. The normalized spacial score (nSPS) is 13.5. The van der Waals surface area contributed by atoms with Gasteiger partial charge in [-0.3, -0.25) is 0 Å². The first-order chi connectivity index (χ1) is 7.02. The molecule has 0 amide bonds. The molecule has 1 aromatic carbocycles. The fourth-order valence-corrected chi connectivity index (χ4v) is 7.00. The maximum absolute atomic E-state index is 5.97. The van der Waals surface area contributed by atoms with Crippen LogP contribution in [0.4, 0.5) is 0 Å². The van der Waals surface area contributed by atoms with E-state index in [0.29, 0.717) is 6.10 Å². The van der Waals surface area contributed by atoms with Crippen molar-refractivity contribution in [3.63, 3.8) is 0 Å². The molecule has 2 nitrogen and oxygen atoms in total. The third-order valence-electron chi connectivity index (χ3n) is 2.24. The van der Waals surface area contributed by atoms with Crippen LogP contribution in [0.1, 0.15) is 32.4 Å². The van der Waals surface area contributed by atoms with Crippen LogP contribution in [-0.2, 0) is 3.07 Å². The fraction of sp³-hybridized carbons (Fsp3) is 0.500. The van der Waals surface area contributed by atoms with Gasteiger partial charge in [-0.2, -0.15) is 0 Å². The molecule has 0 aliphatic carbocycles. The summed E-state index contributed by atoms with van der Waals surface area (Å²) >= 11 is -1.88. The number of benzene rings is 1. The Bertz CT molecular complexity index is 312. The van der Waals surface area contributed by atoms with Crippen molar-refractivity contribution in [2.75, 3.05) is 0 Å². The van der Waals surface area contributed by atoms with E-state index in [9.17, 15) is 0 Å². The van der Waals surface area contributed by atoms with Gasteiger partial charge in [0.25, 0.3) is 0 Å². The van der Waals surface area contributed by atoms with Crippen molar-refractivity contribution in [3.05, 3.63) is 29.8 Å². The molecule has 0 aliphatic rings. The van der Waals surface area contributed by atoms with E-state index < -0.39 is 20.2 Å². The molecule has 0 aliphatic heterocycles. The summed E-state index contributed by atoms with van der Waals surface area (Å²) < 4.78 is 7.36. The summed E-state index contributed by atoms with van der Waals surface area (Å²) in [6.07, 6.45) is 0.325. The van der Waals surface area contributed by atoms with Gasteiger partial charge in [0, 0.05) is 0 Å². The monoisotopic (exact) mass is 314 g/mol. The predicted octanol–water partition coefficient (Wildman–Crippen LogP) is 1.96. The van der Waals surface area contributed by atoms with Crippen LogP contribution in [-0.4, -0.2) is 26.3 Å². The summed E-state index contributed by atoms with van der Waals surface area (Å²) in [5, 5.41) is 0. The van der Waals surface area contributed by atoms with Gasteiger partial charge in [-0.15, -0.1) is 0 Å². The Kier molecular flexibility index (Phi) is 5.09. The van der Waals surface area contributed by atoms with E-state index in [2.05, 4.69) is 37.0 Å². The zero-order chi connectivity index (χ0) is 11.4. The van der Waals surface area contributed by atoms with Crippen molar-refractivity contribution in [2.45, 2.75) is 37.9 Å². The molecule has 83 valence electrons. The quantitative estimate of drug-likeness (QED) is 0.863. The minimum atomic E-state index is -1.88. The summed E-state index contributed by atoms with van der Waals surface area (Å²) in [6, 6.07) is 8.53. The van der Waals surface area contributed by atoms with Crippen molar-refractivity contribution in [1.82, 2.24) is 0 Å². The Labute approximate surface area is 100 Å². The van der Waals surface area contributed by atoms with E-state index in [4.69, 9.17) is 8.81 Å². The number of nitrogens with two attached hydrogens (primary N) is 1. The molecule has 1 atom stereocenters. The van der Waals surface area contributed by atoms with Gasteiger partial charge >= 0.3 is 100 Å². The van der Waals surface area contributed by atoms with Crippen LogP contribution in [0.5, 0.6) is 0 Å². The molecule has 0 saturated heterocycles. The van der Waals surface area contributed by atoms with E-state index in [1.807, 2.05) is 13.0 Å². The van der Waals surface area contributed by atoms with Gasteiger partial charge < -0.3 is 0 Å². The van der Waals surface area contributed by atoms with Crippen molar-refractivity contribution >= 4 is 23.8 Å². The fourth-order valence-electron chi connectivity index (χ4n) is 1.63. The van der Waals surface area contributed by atoms with Gasteiger partial charge in [-0.05, 0) is 0 Å². The van der Waals surface area contributed by atoms with Gasteiger partial charge in [0.2, 0.25) is 0 Å². The Morgan fingerprint density at radius 3 is 2.33 bits per heavy atom.